The van der Waals surface area contributed by atoms with E-state index in [9.17, 15) is 5.11 Å². The highest BCUT2D eigenvalue weighted by Gasteiger charge is 2.16. The van der Waals surface area contributed by atoms with Gasteiger partial charge >= 0.3 is 0 Å². The van der Waals surface area contributed by atoms with Crippen molar-refractivity contribution in [1.29, 1.82) is 0 Å². The highest BCUT2D eigenvalue weighted by atomic mass is 16.5. The molecular formula is C13H17N3O3. The summed E-state index contributed by atoms with van der Waals surface area (Å²) in [7, 11) is 0. The van der Waals surface area contributed by atoms with E-state index >= 15 is 0 Å². The molecule has 0 amide bonds. The largest absolute Gasteiger partial charge is 0.490 e. The van der Waals surface area contributed by atoms with E-state index in [2.05, 4.69) is 15.4 Å². The molecular weight excluding hydrogens is 246 g/mol. The van der Waals surface area contributed by atoms with Crippen LogP contribution in [0.15, 0.2) is 24.4 Å². The fourth-order valence-electron chi connectivity index (χ4n) is 1.75. The number of benzene rings is 1. The summed E-state index contributed by atoms with van der Waals surface area (Å²) >= 11 is 0. The first-order valence-electron chi connectivity index (χ1n) is 6.19. The van der Waals surface area contributed by atoms with E-state index in [0.717, 1.165) is 0 Å². The number of rotatable bonds is 6. The molecule has 0 fully saturated rings. The predicted molar refractivity (Wildman–Crippen MR) is 69.2 cm³/mol. The van der Waals surface area contributed by atoms with Gasteiger partial charge in [-0.15, -0.1) is 0 Å². The van der Waals surface area contributed by atoms with Gasteiger partial charge in [0, 0.05) is 0 Å². The molecule has 0 saturated carbocycles. The monoisotopic (exact) mass is 263 g/mol. The molecule has 6 nitrogen and oxygen atoms in total. The first-order valence-corrected chi connectivity index (χ1v) is 6.19. The summed E-state index contributed by atoms with van der Waals surface area (Å²) in [5, 5.41) is 20.2. The summed E-state index contributed by atoms with van der Waals surface area (Å²) in [4.78, 5) is 0. The second-order valence-corrected chi connectivity index (χ2v) is 3.87. The maximum absolute atomic E-state index is 10.2. The van der Waals surface area contributed by atoms with E-state index in [0.29, 0.717) is 36.0 Å². The number of hydrogen-bond donors (Lipinski definition) is 2. The Labute approximate surface area is 111 Å². The van der Waals surface area contributed by atoms with Crippen LogP contribution in [0.25, 0.3) is 0 Å². The van der Waals surface area contributed by atoms with E-state index in [-0.39, 0.29) is 0 Å². The fraction of sp³-hybridized carbons (Fsp3) is 0.385. The van der Waals surface area contributed by atoms with Gasteiger partial charge in [0.2, 0.25) is 0 Å². The van der Waals surface area contributed by atoms with Gasteiger partial charge in [0.25, 0.3) is 0 Å². The minimum Gasteiger partial charge on any atom is -0.490 e. The lowest BCUT2D eigenvalue weighted by Gasteiger charge is -2.14. The molecule has 6 heteroatoms. The predicted octanol–water partition coefficient (Wildman–Crippen LogP) is 1.68. The molecule has 0 aliphatic heterocycles. The summed E-state index contributed by atoms with van der Waals surface area (Å²) < 4.78 is 11.0. The molecule has 1 atom stereocenters. The van der Waals surface area contributed by atoms with Crippen LogP contribution in [0.2, 0.25) is 0 Å². The number of aromatic amines is 1. The number of aromatic nitrogens is 3. The van der Waals surface area contributed by atoms with Gasteiger partial charge in [-0.2, -0.15) is 15.4 Å². The lowest BCUT2D eigenvalue weighted by atomic mass is 10.1. The number of hydrogen-bond acceptors (Lipinski definition) is 5. The standard InChI is InChI=1S/C13H17N3O3/c1-3-18-11-6-5-9(7-12(11)19-4-2)13(17)10-8-14-16-15-10/h5-8,13,17H,3-4H2,1-2H3,(H,14,15,16). The average molecular weight is 263 g/mol. The number of H-pyrrole nitrogens is 1. The number of nitrogens with one attached hydrogen (secondary N) is 1. The molecule has 0 aliphatic carbocycles. The van der Waals surface area contributed by atoms with Crippen molar-refractivity contribution in [3.05, 3.63) is 35.7 Å². The van der Waals surface area contributed by atoms with Gasteiger partial charge in [-0.25, -0.2) is 0 Å². The van der Waals surface area contributed by atoms with Crippen molar-refractivity contribution in [1.82, 2.24) is 15.4 Å². The zero-order valence-electron chi connectivity index (χ0n) is 11.0. The Kier molecular flexibility index (Phi) is 4.35. The minimum atomic E-state index is -0.839. The van der Waals surface area contributed by atoms with Gasteiger partial charge in [-0.1, -0.05) is 6.07 Å². The molecule has 19 heavy (non-hydrogen) atoms. The zero-order valence-corrected chi connectivity index (χ0v) is 11.0. The highest BCUT2D eigenvalue weighted by Crippen LogP contribution is 2.32. The minimum absolute atomic E-state index is 0.464. The second-order valence-electron chi connectivity index (χ2n) is 3.87. The van der Waals surface area contributed by atoms with E-state index in [1.54, 1.807) is 18.2 Å². The normalized spacial score (nSPS) is 12.2. The van der Waals surface area contributed by atoms with Crippen LogP contribution in [0.4, 0.5) is 0 Å². The Balaban J connectivity index is 2.29. The first-order chi connectivity index (χ1) is 9.26. The summed E-state index contributed by atoms with van der Waals surface area (Å²) in [6, 6.07) is 5.33. The second kappa shape index (κ2) is 6.19. The van der Waals surface area contributed by atoms with Crippen LogP contribution in [0.3, 0.4) is 0 Å². The van der Waals surface area contributed by atoms with Gasteiger partial charge < -0.3 is 14.6 Å². The number of nitrogens with zero attached hydrogens (tertiary/aromatic N) is 2. The third-order valence-corrected chi connectivity index (χ3v) is 2.60. The third kappa shape index (κ3) is 3.03. The Morgan fingerprint density at radius 1 is 1.21 bits per heavy atom. The maximum Gasteiger partial charge on any atom is 0.161 e. The molecule has 2 aromatic rings. The Bertz CT molecular complexity index is 514. The molecule has 0 bridgehead atoms. The van der Waals surface area contributed by atoms with Crippen molar-refractivity contribution in [2.75, 3.05) is 13.2 Å². The number of ether oxygens (including phenoxy) is 2. The quantitative estimate of drug-likeness (QED) is 0.829. The van der Waals surface area contributed by atoms with Gasteiger partial charge in [-0.3, -0.25) is 0 Å². The van der Waals surface area contributed by atoms with E-state index in [1.807, 2.05) is 13.8 Å². The van der Waals surface area contributed by atoms with Crippen molar-refractivity contribution in [3.8, 4) is 11.5 Å². The third-order valence-electron chi connectivity index (χ3n) is 2.60. The Hall–Kier alpha value is -2.08. The molecule has 102 valence electrons. The van der Waals surface area contributed by atoms with Gasteiger partial charge in [0.05, 0.1) is 19.4 Å². The number of aliphatic hydroxyl groups excluding tert-OH is 1. The molecule has 1 aromatic heterocycles. The summed E-state index contributed by atoms with van der Waals surface area (Å²) in [5.74, 6) is 1.28. The van der Waals surface area contributed by atoms with Crippen molar-refractivity contribution in [2.24, 2.45) is 0 Å². The Morgan fingerprint density at radius 2 is 1.95 bits per heavy atom. The summed E-state index contributed by atoms with van der Waals surface area (Å²) in [6.07, 6.45) is 0.648. The fourth-order valence-corrected chi connectivity index (χ4v) is 1.75. The molecule has 0 spiro atoms. The van der Waals surface area contributed by atoms with Crippen molar-refractivity contribution in [3.63, 3.8) is 0 Å². The number of aliphatic hydroxyl groups is 1. The van der Waals surface area contributed by atoms with Crippen LogP contribution in [0.1, 0.15) is 31.2 Å². The van der Waals surface area contributed by atoms with Gasteiger partial charge in [-0.05, 0) is 31.5 Å². The Morgan fingerprint density at radius 3 is 2.58 bits per heavy atom. The summed E-state index contributed by atoms with van der Waals surface area (Å²) in [5.41, 5.74) is 1.15. The average Bonchev–Trinajstić information content (AvgIpc) is 2.94. The lowest BCUT2D eigenvalue weighted by Crippen LogP contribution is -2.03. The SMILES string of the molecule is CCOc1ccc(C(O)c2cn[nH]n2)cc1OCC. The molecule has 0 saturated heterocycles. The smallest absolute Gasteiger partial charge is 0.161 e. The van der Waals surface area contributed by atoms with Gasteiger partial charge in [0.1, 0.15) is 11.8 Å². The van der Waals surface area contributed by atoms with Crippen LogP contribution in [-0.2, 0) is 0 Å². The highest BCUT2D eigenvalue weighted by molar-refractivity contribution is 5.44. The van der Waals surface area contributed by atoms with Crippen LogP contribution in [0.5, 0.6) is 11.5 Å². The molecule has 2 rings (SSSR count). The van der Waals surface area contributed by atoms with Crippen molar-refractivity contribution in [2.45, 2.75) is 20.0 Å². The molecule has 1 unspecified atom stereocenters. The van der Waals surface area contributed by atoms with Crippen LogP contribution in [-0.4, -0.2) is 33.7 Å². The molecule has 0 radical (unpaired) electrons. The molecule has 1 heterocycles. The van der Waals surface area contributed by atoms with E-state index in [4.69, 9.17) is 9.47 Å². The van der Waals surface area contributed by atoms with E-state index in [1.165, 1.54) is 6.20 Å². The topological polar surface area (TPSA) is 80.3 Å². The zero-order chi connectivity index (χ0) is 13.7. The van der Waals surface area contributed by atoms with Crippen LogP contribution >= 0.6 is 0 Å². The first kappa shape index (κ1) is 13.4. The van der Waals surface area contributed by atoms with Gasteiger partial charge in [0.15, 0.2) is 11.5 Å². The van der Waals surface area contributed by atoms with E-state index < -0.39 is 6.10 Å². The van der Waals surface area contributed by atoms with Crippen LogP contribution < -0.4 is 9.47 Å². The summed E-state index contributed by atoms with van der Waals surface area (Å²) in [6.45, 7) is 4.90. The maximum atomic E-state index is 10.2. The van der Waals surface area contributed by atoms with Crippen molar-refractivity contribution >= 4 is 0 Å². The lowest BCUT2D eigenvalue weighted by molar-refractivity contribution is 0.213. The molecule has 1 aromatic carbocycles. The molecule has 2 N–H and O–H groups in total. The van der Waals surface area contributed by atoms with Crippen molar-refractivity contribution < 1.29 is 14.6 Å². The molecule has 0 aliphatic rings. The van der Waals surface area contributed by atoms with Crippen LogP contribution in [0, 0.1) is 0 Å².